The van der Waals surface area contributed by atoms with E-state index < -0.39 is 0 Å². The van der Waals surface area contributed by atoms with E-state index in [-0.39, 0.29) is 5.78 Å². The third kappa shape index (κ3) is 2.38. The predicted octanol–water partition coefficient (Wildman–Crippen LogP) is 3.70. The number of carbonyl (C=O) groups is 1. The van der Waals surface area contributed by atoms with Crippen molar-refractivity contribution in [3.63, 3.8) is 0 Å². The van der Waals surface area contributed by atoms with Crippen LogP contribution in [0.3, 0.4) is 0 Å². The van der Waals surface area contributed by atoms with E-state index in [2.05, 4.69) is 0 Å². The topological polar surface area (TPSA) is 52.3 Å². The lowest BCUT2D eigenvalue weighted by Gasteiger charge is -2.12. The minimum atomic E-state index is -0.0974. The Morgan fingerprint density at radius 2 is 1.90 bits per heavy atom. The van der Waals surface area contributed by atoms with Crippen LogP contribution in [-0.2, 0) is 6.42 Å². The average molecular weight is 302 g/mol. The van der Waals surface area contributed by atoms with E-state index in [0.29, 0.717) is 34.2 Å². The highest BCUT2D eigenvalue weighted by Gasteiger charge is 2.24. The third-order valence-corrected chi connectivity index (χ3v) is 4.07. The van der Waals surface area contributed by atoms with E-state index in [0.717, 1.165) is 23.1 Å². The fourth-order valence-corrected chi connectivity index (χ4v) is 2.94. The molecule has 2 aromatic rings. The van der Waals surface area contributed by atoms with Gasteiger partial charge in [0.15, 0.2) is 5.78 Å². The minimum Gasteiger partial charge on any atom is -0.492 e. The molecule has 0 fully saturated rings. The molecule has 3 rings (SSSR count). The number of anilines is 1. The zero-order valence-electron chi connectivity index (χ0n) is 12.0. The van der Waals surface area contributed by atoms with Crippen LogP contribution in [0, 0.1) is 13.8 Å². The van der Waals surface area contributed by atoms with E-state index in [4.69, 9.17) is 22.1 Å². The van der Waals surface area contributed by atoms with Crippen LogP contribution in [0.25, 0.3) is 0 Å². The average Bonchev–Trinajstić information content (AvgIpc) is 2.89. The summed E-state index contributed by atoms with van der Waals surface area (Å²) >= 11 is 6.12. The first kappa shape index (κ1) is 14.0. The molecule has 0 radical (unpaired) electrons. The summed E-state index contributed by atoms with van der Waals surface area (Å²) in [7, 11) is 0. The van der Waals surface area contributed by atoms with Crippen LogP contribution in [0.15, 0.2) is 24.3 Å². The summed E-state index contributed by atoms with van der Waals surface area (Å²) in [5.74, 6) is 0.558. The van der Waals surface area contributed by atoms with Crippen molar-refractivity contribution < 1.29 is 9.53 Å². The van der Waals surface area contributed by atoms with Gasteiger partial charge in [-0.1, -0.05) is 17.7 Å². The Hall–Kier alpha value is -2.00. The highest BCUT2D eigenvalue weighted by Crippen LogP contribution is 2.35. The number of rotatable bonds is 2. The lowest BCUT2D eigenvalue weighted by molar-refractivity contribution is 0.103. The summed E-state index contributed by atoms with van der Waals surface area (Å²) in [6.07, 6.45) is 0.783. The van der Waals surface area contributed by atoms with Crippen molar-refractivity contribution in [1.29, 1.82) is 0 Å². The molecular formula is C17H16ClNO2. The quantitative estimate of drug-likeness (QED) is 0.679. The molecule has 0 aromatic heterocycles. The van der Waals surface area contributed by atoms with Gasteiger partial charge in [0.25, 0.3) is 0 Å². The van der Waals surface area contributed by atoms with Gasteiger partial charge in [0, 0.05) is 22.7 Å². The molecule has 0 spiro atoms. The first-order valence-electron chi connectivity index (χ1n) is 6.84. The highest BCUT2D eigenvalue weighted by atomic mass is 35.5. The van der Waals surface area contributed by atoms with Crippen LogP contribution in [0.1, 0.15) is 32.6 Å². The van der Waals surface area contributed by atoms with Crippen LogP contribution < -0.4 is 10.5 Å². The van der Waals surface area contributed by atoms with Crippen molar-refractivity contribution in [2.75, 3.05) is 12.3 Å². The van der Waals surface area contributed by atoms with Gasteiger partial charge in [-0.3, -0.25) is 4.79 Å². The van der Waals surface area contributed by atoms with Gasteiger partial charge in [-0.05, 0) is 48.7 Å². The van der Waals surface area contributed by atoms with Crippen molar-refractivity contribution in [3.05, 3.63) is 57.1 Å². The van der Waals surface area contributed by atoms with Crippen molar-refractivity contribution in [3.8, 4) is 5.75 Å². The highest BCUT2D eigenvalue weighted by molar-refractivity contribution is 6.31. The first-order chi connectivity index (χ1) is 9.97. The number of nitrogens with two attached hydrogens (primary N) is 1. The summed E-state index contributed by atoms with van der Waals surface area (Å²) in [6, 6.07) is 7.18. The Morgan fingerprint density at radius 3 is 2.67 bits per heavy atom. The Labute approximate surface area is 128 Å². The van der Waals surface area contributed by atoms with Gasteiger partial charge in [0.2, 0.25) is 0 Å². The van der Waals surface area contributed by atoms with Gasteiger partial charge in [0.05, 0.1) is 12.2 Å². The number of nitrogen functional groups attached to an aromatic ring is 1. The Morgan fingerprint density at radius 1 is 1.14 bits per heavy atom. The third-order valence-electron chi connectivity index (χ3n) is 3.85. The normalized spacial score (nSPS) is 12.9. The van der Waals surface area contributed by atoms with Gasteiger partial charge >= 0.3 is 0 Å². The van der Waals surface area contributed by atoms with Gasteiger partial charge in [-0.2, -0.15) is 0 Å². The Bertz CT molecular complexity index is 753. The molecule has 1 heterocycles. The van der Waals surface area contributed by atoms with Gasteiger partial charge < -0.3 is 10.5 Å². The zero-order chi connectivity index (χ0) is 15.1. The van der Waals surface area contributed by atoms with Crippen LogP contribution in [-0.4, -0.2) is 12.4 Å². The van der Waals surface area contributed by atoms with E-state index in [1.54, 1.807) is 12.1 Å². The second-order valence-electron chi connectivity index (χ2n) is 5.39. The van der Waals surface area contributed by atoms with Gasteiger partial charge in [-0.25, -0.2) is 0 Å². The lowest BCUT2D eigenvalue weighted by atomic mass is 9.95. The summed E-state index contributed by atoms with van der Waals surface area (Å²) < 4.78 is 5.61. The summed E-state index contributed by atoms with van der Waals surface area (Å²) in [5.41, 5.74) is 10.5. The molecule has 21 heavy (non-hydrogen) atoms. The standard InChI is InChI=1S/C17H16ClNO2/c1-9-5-10(2)15(19)8-13(9)16(20)14-7-12(18)6-11-3-4-21-17(11)14/h5-8H,3-4,19H2,1-2H3. The van der Waals surface area contributed by atoms with Gasteiger partial charge in [0.1, 0.15) is 5.75 Å². The molecule has 3 nitrogen and oxygen atoms in total. The number of ketones is 1. The smallest absolute Gasteiger partial charge is 0.197 e. The monoisotopic (exact) mass is 301 g/mol. The predicted molar refractivity (Wildman–Crippen MR) is 84.4 cm³/mol. The maximum absolute atomic E-state index is 12.8. The molecule has 1 aliphatic rings. The minimum absolute atomic E-state index is 0.0974. The number of fused-ring (bicyclic) bond motifs is 1. The SMILES string of the molecule is Cc1cc(C)c(C(=O)c2cc(Cl)cc3c2OCC3)cc1N. The first-order valence-corrected chi connectivity index (χ1v) is 7.22. The largest absolute Gasteiger partial charge is 0.492 e. The number of benzene rings is 2. The Balaban J connectivity index is 2.14. The van der Waals surface area contributed by atoms with Crippen molar-refractivity contribution in [2.24, 2.45) is 0 Å². The summed E-state index contributed by atoms with van der Waals surface area (Å²) in [5, 5.41) is 0.556. The van der Waals surface area contributed by atoms with E-state index in [9.17, 15) is 4.79 Å². The molecule has 0 aliphatic carbocycles. The number of halogens is 1. The number of carbonyl (C=O) groups excluding carboxylic acids is 1. The fraction of sp³-hybridized carbons (Fsp3) is 0.235. The summed E-state index contributed by atoms with van der Waals surface area (Å²) in [4.78, 5) is 12.8. The molecular weight excluding hydrogens is 286 g/mol. The molecule has 1 aliphatic heterocycles. The van der Waals surface area contributed by atoms with Crippen LogP contribution in [0.2, 0.25) is 5.02 Å². The Kier molecular flexibility index (Phi) is 3.38. The molecule has 4 heteroatoms. The van der Waals surface area contributed by atoms with Crippen LogP contribution in [0.4, 0.5) is 5.69 Å². The van der Waals surface area contributed by atoms with Gasteiger partial charge in [-0.15, -0.1) is 0 Å². The van der Waals surface area contributed by atoms with Crippen LogP contribution >= 0.6 is 11.6 Å². The van der Waals surface area contributed by atoms with Crippen molar-refractivity contribution in [1.82, 2.24) is 0 Å². The van der Waals surface area contributed by atoms with E-state index in [1.165, 1.54) is 0 Å². The second kappa shape index (κ2) is 5.08. The lowest BCUT2D eigenvalue weighted by Crippen LogP contribution is -2.07. The molecule has 0 unspecified atom stereocenters. The number of aryl methyl sites for hydroxylation is 2. The molecule has 0 saturated carbocycles. The molecule has 0 bridgehead atoms. The molecule has 0 saturated heterocycles. The van der Waals surface area contributed by atoms with Crippen molar-refractivity contribution >= 4 is 23.1 Å². The van der Waals surface area contributed by atoms with E-state index in [1.807, 2.05) is 26.0 Å². The molecule has 0 atom stereocenters. The zero-order valence-corrected chi connectivity index (χ0v) is 12.8. The molecule has 0 amide bonds. The molecule has 108 valence electrons. The van der Waals surface area contributed by atoms with Crippen molar-refractivity contribution in [2.45, 2.75) is 20.3 Å². The number of ether oxygens (including phenoxy) is 1. The number of hydrogen-bond donors (Lipinski definition) is 1. The van der Waals surface area contributed by atoms with Crippen LogP contribution in [0.5, 0.6) is 5.75 Å². The fourth-order valence-electron chi connectivity index (χ4n) is 2.70. The molecule has 2 N–H and O–H groups in total. The second-order valence-corrected chi connectivity index (χ2v) is 5.83. The van der Waals surface area contributed by atoms with E-state index >= 15 is 0 Å². The maximum atomic E-state index is 12.8. The number of hydrogen-bond acceptors (Lipinski definition) is 3. The summed E-state index contributed by atoms with van der Waals surface area (Å²) in [6.45, 7) is 4.42. The maximum Gasteiger partial charge on any atom is 0.197 e. The molecule has 2 aromatic carbocycles.